The predicted octanol–water partition coefficient (Wildman–Crippen LogP) is 2.47. The molecule has 0 radical (unpaired) electrons. The summed E-state index contributed by atoms with van der Waals surface area (Å²) in [5.74, 6) is -0.156. The number of nitrogens with zero attached hydrogens (tertiary/aromatic N) is 1. The Labute approximate surface area is 190 Å². The molecule has 33 heavy (non-hydrogen) atoms. The Bertz CT molecular complexity index is 1370. The quantitative estimate of drug-likeness (QED) is 0.348. The molecule has 2 amide bonds. The van der Waals surface area contributed by atoms with E-state index >= 15 is 0 Å². The summed E-state index contributed by atoms with van der Waals surface area (Å²) in [5.41, 5.74) is 13.5. The number of aromatic amines is 1. The number of amidine groups is 1. The Morgan fingerprint density at radius 3 is 2.52 bits per heavy atom. The zero-order valence-electron chi connectivity index (χ0n) is 17.9. The van der Waals surface area contributed by atoms with Crippen LogP contribution < -0.4 is 16.5 Å². The van der Waals surface area contributed by atoms with E-state index in [9.17, 15) is 9.59 Å². The lowest BCUT2D eigenvalue weighted by atomic mass is 10.0. The van der Waals surface area contributed by atoms with Crippen molar-refractivity contribution in [2.24, 2.45) is 5.73 Å². The SMILES string of the molecule is NC1=[N+](NC(=O)[C@@H](Cc2c[nH]c3ccccc23)NC(=O)c2ccccc2)Cc2ccccc21. The minimum Gasteiger partial charge on any atom is -0.361 e. The summed E-state index contributed by atoms with van der Waals surface area (Å²) in [7, 11) is 0. The lowest BCUT2D eigenvalue weighted by Crippen LogP contribution is -2.51. The van der Waals surface area contributed by atoms with Gasteiger partial charge in [0, 0.05) is 34.6 Å². The van der Waals surface area contributed by atoms with Gasteiger partial charge >= 0.3 is 0 Å². The number of nitrogens with one attached hydrogen (secondary N) is 3. The first-order chi connectivity index (χ1) is 16.1. The second kappa shape index (κ2) is 8.63. The number of aromatic nitrogens is 1. The summed E-state index contributed by atoms with van der Waals surface area (Å²) >= 11 is 0. The number of rotatable bonds is 6. The molecule has 7 heteroatoms. The maximum Gasteiger partial charge on any atom is 0.299 e. The number of carbonyl (C=O) groups is 2. The van der Waals surface area contributed by atoms with Gasteiger partial charge in [0.25, 0.3) is 17.6 Å². The van der Waals surface area contributed by atoms with E-state index in [0.717, 1.165) is 27.6 Å². The minimum absolute atomic E-state index is 0.308. The molecule has 0 bridgehead atoms. The van der Waals surface area contributed by atoms with Crippen molar-refractivity contribution in [1.29, 1.82) is 0 Å². The molecule has 0 unspecified atom stereocenters. The molecule has 0 saturated heterocycles. The third kappa shape index (κ3) is 4.08. The number of fused-ring (bicyclic) bond motifs is 2. The maximum atomic E-state index is 13.4. The Balaban J connectivity index is 1.41. The topological polar surface area (TPSA) is 103 Å². The van der Waals surface area contributed by atoms with Gasteiger partial charge in [-0.05, 0) is 29.8 Å². The molecule has 0 spiro atoms. The van der Waals surface area contributed by atoms with E-state index in [1.807, 2.05) is 60.8 Å². The number of hydrogen-bond acceptors (Lipinski definition) is 3. The summed E-state index contributed by atoms with van der Waals surface area (Å²) < 4.78 is 1.63. The second-order valence-electron chi connectivity index (χ2n) is 8.06. The molecule has 7 nitrogen and oxygen atoms in total. The van der Waals surface area contributed by atoms with Crippen molar-refractivity contribution in [3.05, 3.63) is 107 Å². The number of hydrazone groups is 1. The van der Waals surface area contributed by atoms with Gasteiger partial charge in [-0.1, -0.05) is 54.6 Å². The Kier molecular flexibility index (Phi) is 5.36. The van der Waals surface area contributed by atoms with Crippen LogP contribution in [0.25, 0.3) is 10.9 Å². The van der Waals surface area contributed by atoms with Crippen LogP contribution in [0.1, 0.15) is 27.0 Å². The fraction of sp³-hybridized carbons (Fsp3) is 0.115. The summed E-state index contributed by atoms with van der Waals surface area (Å²) in [6, 6.07) is 23.7. The van der Waals surface area contributed by atoms with Gasteiger partial charge in [-0.15, -0.1) is 0 Å². The number of hydrazine groups is 1. The summed E-state index contributed by atoms with van der Waals surface area (Å²) in [6.07, 6.45) is 2.21. The smallest absolute Gasteiger partial charge is 0.299 e. The van der Waals surface area contributed by atoms with Gasteiger partial charge < -0.3 is 10.3 Å². The fourth-order valence-corrected chi connectivity index (χ4v) is 4.18. The average molecular weight is 439 g/mol. The van der Waals surface area contributed by atoms with Crippen LogP contribution in [-0.4, -0.2) is 33.4 Å². The predicted molar refractivity (Wildman–Crippen MR) is 127 cm³/mol. The van der Waals surface area contributed by atoms with Crippen LogP contribution in [0.2, 0.25) is 0 Å². The van der Waals surface area contributed by atoms with Crippen molar-refractivity contribution in [3.63, 3.8) is 0 Å². The largest absolute Gasteiger partial charge is 0.361 e. The van der Waals surface area contributed by atoms with Crippen LogP contribution in [0, 0.1) is 0 Å². The number of hydrogen-bond donors (Lipinski definition) is 4. The lowest BCUT2D eigenvalue weighted by Gasteiger charge is -2.18. The van der Waals surface area contributed by atoms with E-state index in [1.54, 1.807) is 28.9 Å². The molecule has 4 aromatic rings. The third-order valence-corrected chi connectivity index (χ3v) is 5.91. The Morgan fingerprint density at radius 1 is 0.970 bits per heavy atom. The highest BCUT2D eigenvalue weighted by atomic mass is 16.2. The Hall–Kier alpha value is -4.39. The second-order valence-corrected chi connectivity index (χ2v) is 8.06. The van der Waals surface area contributed by atoms with Crippen molar-refractivity contribution in [2.45, 2.75) is 19.0 Å². The van der Waals surface area contributed by atoms with E-state index in [1.165, 1.54) is 0 Å². The van der Waals surface area contributed by atoms with E-state index in [2.05, 4.69) is 15.7 Å². The first kappa shape index (κ1) is 20.5. The molecule has 1 aliphatic heterocycles. The molecule has 1 aliphatic rings. The molecule has 0 saturated carbocycles. The van der Waals surface area contributed by atoms with Gasteiger partial charge in [0.2, 0.25) is 0 Å². The van der Waals surface area contributed by atoms with Crippen LogP contribution in [0.4, 0.5) is 0 Å². The molecule has 0 aliphatic carbocycles. The van der Waals surface area contributed by atoms with Crippen molar-refractivity contribution in [1.82, 2.24) is 15.7 Å². The van der Waals surface area contributed by atoms with E-state index in [0.29, 0.717) is 24.4 Å². The molecular weight excluding hydrogens is 414 g/mol. The highest BCUT2D eigenvalue weighted by Crippen LogP contribution is 2.20. The maximum absolute atomic E-state index is 13.4. The number of amides is 2. The van der Waals surface area contributed by atoms with E-state index in [4.69, 9.17) is 5.73 Å². The Morgan fingerprint density at radius 2 is 1.70 bits per heavy atom. The van der Waals surface area contributed by atoms with Gasteiger partial charge in [-0.3, -0.25) is 15.3 Å². The van der Waals surface area contributed by atoms with Crippen molar-refractivity contribution in [3.8, 4) is 0 Å². The monoisotopic (exact) mass is 438 g/mol. The number of H-pyrrole nitrogens is 1. The lowest BCUT2D eigenvalue weighted by molar-refractivity contribution is -0.586. The van der Waals surface area contributed by atoms with Crippen molar-refractivity contribution < 1.29 is 14.3 Å². The van der Waals surface area contributed by atoms with Crippen LogP contribution in [0.5, 0.6) is 0 Å². The van der Waals surface area contributed by atoms with Crippen LogP contribution in [0.3, 0.4) is 0 Å². The highest BCUT2D eigenvalue weighted by Gasteiger charge is 2.30. The van der Waals surface area contributed by atoms with Gasteiger partial charge in [-0.2, -0.15) is 10.1 Å². The van der Waals surface area contributed by atoms with Crippen LogP contribution >= 0.6 is 0 Å². The standard InChI is InChI=1S/C26H23N5O2/c27-24-21-12-5-4-10-18(21)16-31(24)30-26(33)23(29-25(32)17-8-2-1-3-9-17)14-19-15-28-22-13-7-6-11-20(19)22/h1-13,15,23,27-28H,14,16H2,(H2,29,30,32,33)/p+1/t23-/m1/s1. The minimum atomic E-state index is -0.798. The van der Waals surface area contributed by atoms with Crippen molar-refractivity contribution in [2.75, 3.05) is 0 Å². The van der Waals surface area contributed by atoms with Gasteiger partial charge in [-0.25, -0.2) is 0 Å². The zero-order valence-corrected chi connectivity index (χ0v) is 17.9. The molecule has 5 N–H and O–H groups in total. The number of nitrogens with two attached hydrogens (primary N) is 1. The van der Waals surface area contributed by atoms with E-state index in [-0.39, 0.29) is 11.8 Å². The van der Waals surface area contributed by atoms with Crippen LogP contribution in [0.15, 0.2) is 85.1 Å². The number of para-hydroxylation sites is 1. The molecule has 1 aromatic heterocycles. The average Bonchev–Trinajstić information content (AvgIpc) is 3.40. The molecule has 3 aromatic carbocycles. The number of benzene rings is 3. The first-order valence-electron chi connectivity index (χ1n) is 10.8. The molecule has 164 valence electrons. The van der Waals surface area contributed by atoms with Gasteiger partial charge in [0.05, 0.1) is 5.56 Å². The van der Waals surface area contributed by atoms with Crippen LogP contribution in [-0.2, 0) is 17.8 Å². The first-order valence-corrected chi connectivity index (χ1v) is 10.8. The van der Waals surface area contributed by atoms with E-state index < -0.39 is 6.04 Å². The third-order valence-electron chi connectivity index (χ3n) is 5.91. The van der Waals surface area contributed by atoms with Gasteiger partial charge in [0.1, 0.15) is 12.6 Å². The highest BCUT2D eigenvalue weighted by molar-refractivity contribution is 5.99. The van der Waals surface area contributed by atoms with Gasteiger partial charge in [0.15, 0.2) is 0 Å². The molecule has 2 heterocycles. The molecule has 1 atom stereocenters. The van der Waals surface area contributed by atoms with Crippen molar-refractivity contribution >= 4 is 28.6 Å². The summed E-state index contributed by atoms with van der Waals surface area (Å²) in [5, 5.41) is 3.92. The molecular formula is C26H24N5O2+. The molecule has 0 fully saturated rings. The molecule has 5 rings (SSSR count). The normalized spacial score (nSPS) is 13.6. The zero-order chi connectivity index (χ0) is 22.8. The summed E-state index contributed by atoms with van der Waals surface area (Å²) in [6.45, 7) is 0.472. The summed E-state index contributed by atoms with van der Waals surface area (Å²) in [4.78, 5) is 29.5. The fourth-order valence-electron chi connectivity index (χ4n) is 4.18. The number of carbonyl (C=O) groups excluding carboxylic acids is 2.